The number of anilines is 1. The molecule has 1 aliphatic rings. The van der Waals surface area contributed by atoms with Crippen molar-refractivity contribution < 1.29 is 34.1 Å². The molecule has 0 unspecified atom stereocenters. The first-order valence-electron chi connectivity index (χ1n) is 15.4. The fourth-order valence-corrected chi connectivity index (χ4v) is 6.90. The molecule has 5 N–H and O–H groups in total. The molecule has 4 heterocycles. The molecule has 0 atom stereocenters. The lowest BCUT2D eigenvalue weighted by atomic mass is 9.92. The molecule has 0 saturated heterocycles. The first kappa shape index (κ1) is 31.3. The summed E-state index contributed by atoms with van der Waals surface area (Å²) in [6.07, 6.45) is 2.45. The van der Waals surface area contributed by atoms with E-state index in [1.165, 1.54) is 29.5 Å². The van der Waals surface area contributed by atoms with Gasteiger partial charge >= 0.3 is 11.9 Å². The minimum absolute atomic E-state index is 0.0638. The van der Waals surface area contributed by atoms with Crippen molar-refractivity contribution in [3.63, 3.8) is 0 Å². The largest absolute Gasteiger partial charge is 0.488 e. The van der Waals surface area contributed by atoms with Crippen molar-refractivity contribution in [1.29, 1.82) is 0 Å². The van der Waals surface area contributed by atoms with E-state index in [-0.39, 0.29) is 27.9 Å². The van der Waals surface area contributed by atoms with Crippen LogP contribution in [0.1, 0.15) is 60.6 Å². The van der Waals surface area contributed by atoms with Gasteiger partial charge in [0, 0.05) is 67.6 Å². The van der Waals surface area contributed by atoms with E-state index in [1.807, 2.05) is 30.5 Å². The van der Waals surface area contributed by atoms with Crippen molar-refractivity contribution in [2.75, 3.05) is 11.9 Å². The number of amides is 2. The Labute approximate surface area is 283 Å². The third kappa shape index (κ3) is 5.78. The lowest BCUT2D eigenvalue weighted by Crippen LogP contribution is -2.25. The number of nitrogens with one attached hydrogen (secondary N) is 3. The number of nitrogens with zero attached hydrogens (tertiary/aromatic N) is 1. The van der Waals surface area contributed by atoms with E-state index in [0.717, 1.165) is 21.3 Å². The number of H-pyrrole nitrogens is 1. The number of benzene rings is 3. The molecule has 49 heavy (non-hydrogen) atoms. The number of carboxylic acids is 2. The van der Waals surface area contributed by atoms with Crippen molar-refractivity contribution in [3.05, 3.63) is 112 Å². The third-order valence-corrected chi connectivity index (χ3v) is 9.27. The summed E-state index contributed by atoms with van der Waals surface area (Å²) in [7, 11) is 0. The van der Waals surface area contributed by atoms with Gasteiger partial charge in [0.25, 0.3) is 11.8 Å². The van der Waals surface area contributed by atoms with Crippen molar-refractivity contribution in [3.8, 4) is 38.4 Å². The summed E-state index contributed by atoms with van der Waals surface area (Å²) >= 11 is 1.51. The first-order chi connectivity index (χ1) is 23.7. The number of fused-ring (bicyclic) bond motifs is 4. The minimum atomic E-state index is -1.37. The van der Waals surface area contributed by atoms with Gasteiger partial charge in [-0.05, 0) is 78.0 Å². The number of carbonyl (C=O) groups excluding carboxylic acids is 2. The maximum Gasteiger partial charge on any atom is 0.355 e. The molecule has 12 heteroatoms. The van der Waals surface area contributed by atoms with E-state index in [4.69, 9.17) is 4.74 Å². The zero-order chi connectivity index (χ0) is 34.2. The van der Waals surface area contributed by atoms with Gasteiger partial charge in [0.1, 0.15) is 18.1 Å². The Morgan fingerprint density at radius 2 is 1.78 bits per heavy atom. The Kier molecular flexibility index (Phi) is 8.14. The fourth-order valence-electron chi connectivity index (χ4n) is 5.97. The first-order valence-corrected chi connectivity index (χ1v) is 16.3. The van der Waals surface area contributed by atoms with E-state index < -0.39 is 29.4 Å². The van der Waals surface area contributed by atoms with Crippen molar-refractivity contribution in [2.45, 2.75) is 20.0 Å². The summed E-state index contributed by atoms with van der Waals surface area (Å²) in [6, 6.07) is 20.0. The molecule has 244 valence electrons. The van der Waals surface area contributed by atoms with Crippen LogP contribution in [0.15, 0.2) is 84.4 Å². The monoisotopic (exact) mass is 672 g/mol. The van der Waals surface area contributed by atoms with Crippen LogP contribution in [0.4, 0.5) is 5.69 Å². The number of thiophene rings is 1. The van der Waals surface area contributed by atoms with Crippen LogP contribution in [0.2, 0.25) is 0 Å². The summed E-state index contributed by atoms with van der Waals surface area (Å²) in [5.41, 5.74) is 4.18. The molecule has 3 aromatic heterocycles. The molecule has 0 radical (unpaired) electrons. The molecular weight excluding hydrogens is 644 g/mol. The molecular formula is C37H28N4O7S. The van der Waals surface area contributed by atoms with Crippen LogP contribution in [-0.4, -0.2) is 50.5 Å². The van der Waals surface area contributed by atoms with E-state index in [1.54, 1.807) is 42.6 Å². The third-order valence-electron chi connectivity index (χ3n) is 8.28. The van der Waals surface area contributed by atoms with Gasteiger partial charge < -0.3 is 30.6 Å². The summed E-state index contributed by atoms with van der Waals surface area (Å²) in [4.78, 5) is 59.9. The zero-order valence-electron chi connectivity index (χ0n) is 26.0. The van der Waals surface area contributed by atoms with Crippen molar-refractivity contribution >= 4 is 51.7 Å². The Hall–Kier alpha value is -6.27. The molecule has 0 fully saturated rings. The normalized spacial score (nSPS) is 11.7. The molecule has 7 rings (SSSR count). The van der Waals surface area contributed by atoms with Crippen LogP contribution in [0.25, 0.3) is 43.6 Å². The molecule has 2 amide bonds. The molecule has 6 aromatic rings. The predicted molar refractivity (Wildman–Crippen MR) is 186 cm³/mol. The highest BCUT2D eigenvalue weighted by molar-refractivity contribution is 7.13. The molecule has 1 aliphatic heterocycles. The average Bonchev–Trinajstić information content (AvgIpc) is 3.80. The van der Waals surface area contributed by atoms with Gasteiger partial charge in [-0.25, -0.2) is 14.6 Å². The summed E-state index contributed by atoms with van der Waals surface area (Å²) in [5.74, 6) is -3.04. The maximum atomic E-state index is 14.5. The lowest BCUT2D eigenvalue weighted by Gasteiger charge is -2.22. The van der Waals surface area contributed by atoms with Gasteiger partial charge in [0.05, 0.1) is 5.56 Å². The standard InChI is InChI=1S/C37H28N4O7S/c1-2-12-39-35(43)29-7-6-22(32(40-29)37(46)47)24-17-30-26(33-21(18-48-30)11-14-49-33)16-25(24)34(42)41-28-9-8-27-23(10-13-38-27)31(28)19-4-3-5-20(15-19)36(44)45/h3-11,13-17,38H,2,12,18H2,1H3,(H,39,43)(H,41,42)(H,44,45)(H,46,47). The molecule has 0 spiro atoms. The van der Waals surface area contributed by atoms with Crippen LogP contribution in [0.5, 0.6) is 5.75 Å². The highest BCUT2D eigenvalue weighted by atomic mass is 32.1. The second-order valence-electron chi connectivity index (χ2n) is 11.4. The topological polar surface area (TPSA) is 171 Å². The van der Waals surface area contributed by atoms with Crippen LogP contribution in [0, 0.1) is 0 Å². The zero-order valence-corrected chi connectivity index (χ0v) is 26.8. The Bertz CT molecular complexity index is 2320. The highest BCUT2D eigenvalue weighted by Gasteiger charge is 2.28. The van der Waals surface area contributed by atoms with E-state index in [2.05, 4.69) is 20.6 Å². The number of pyridine rings is 1. The number of rotatable bonds is 9. The summed E-state index contributed by atoms with van der Waals surface area (Å²) in [6.45, 7) is 2.61. The molecule has 3 aromatic carbocycles. The second-order valence-corrected chi connectivity index (χ2v) is 12.3. The number of ether oxygens (including phenoxy) is 1. The quantitative estimate of drug-likeness (QED) is 0.106. The Morgan fingerprint density at radius 3 is 2.57 bits per heavy atom. The van der Waals surface area contributed by atoms with Crippen LogP contribution in [-0.2, 0) is 6.61 Å². The van der Waals surface area contributed by atoms with Gasteiger partial charge in [-0.3, -0.25) is 9.59 Å². The predicted octanol–water partition coefficient (Wildman–Crippen LogP) is 7.31. The van der Waals surface area contributed by atoms with Crippen molar-refractivity contribution in [1.82, 2.24) is 15.3 Å². The number of aromatic nitrogens is 2. The minimum Gasteiger partial charge on any atom is -0.488 e. The second kappa shape index (κ2) is 12.7. The SMILES string of the molecule is CCCNC(=O)c1ccc(-c2cc3c(cc2C(=O)Nc2ccc4[nH]ccc4c2-c2cccc(C(=O)O)c2)-c2sccc2CO3)c(C(=O)O)n1. The maximum absolute atomic E-state index is 14.5. The van der Waals surface area contributed by atoms with E-state index in [0.29, 0.717) is 47.7 Å². The summed E-state index contributed by atoms with van der Waals surface area (Å²) in [5, 5.41) is 28.4. The lowest BCUT2D eigenvalue weighted by molar-refractivity contribution is 0.0682. The molecule has 0 aliphatic carbocycles. The number of aromatic carboxylic acids is 2. The molecule has 0 bridgehead atoms. The summed E-state index contributed by atoms with van der Waals surface area (Å²) < 4.78 is 6.07. The molecule has 11 nitrogen and oxygen atoms in total. The number of carboxylic acid groups (broad SMARTS) is 2. The number of hydrogen-bond donors (Lipinski definition) is 5. The van der Waals surface area contributed by atoms with E-state index in [9.17, 15) is 29.4 Å². The van der Waals surface area contributed by atoms with Gasteiger partial charge in [0.2, 0.25) is 0 Å². The molecule has 0 saturated carbocycles. The Morgan fingerprint density at radius 1 is 0.918 bits per heavy atom. The van der Waals surface area contributed by atoms with Crippen molar-refractivity contribution in [2.24, 2.45) is 0 Å². The van der Waals surface area contributed by atoms with Gasteiger partial charge in [-0.1, -0.05) is 19.1 Å². The van der Waals surface area contributed by atoms with Gasteiger partial charge in [-0.15, -0.1) is 11.3 Å². The number of hydrogen-bond acceptors (Lipinski definition) is 7. The van der Waals surface area contributed by atoms with E-state index >= 15 is 0 Å². The van der Waals surface area contributed by atoms with Gasteiger partial charge in [0.15, 0.2) is 5.69 Å². The number of carbonyl (C=O) groups is 4. The van der Waals surface area contributed by atoms with Crippen LogP contribution < -0.4 is 15.4 Å². The highest BCUT2D eigenvalue weighted by Crippen LogP contribution is 2.45. The average molecular weight is 673 g/mol. The smallest absolute Gasteiger partial charge is 0.355 e. The van der Waals surface area contributed by atoms with Crippen LogP contribution >= 0.6 is 11.3 Å². The van der Waals surface area contributed by atoms with Gasteiger partial charge in [-0.2, -0.15) is 0 Å². The number of aromatic amines is 1. The Balaban J connectivity index is 1.39. The fraction of sp³-hybridized carbons (Fsp3) is 0.108. The van der Waals surface area contributed by atoms with Crippen LogP contribution in [0.3, 0.4) is 0 Å².